The maximum absolute atomic E-state index is 11.2. The van der Waals surface area contributed by atoms with Gasteiger partial charge in [-0.25, -0.2) is 18.4 Å². The van der Waals surface area contributed by atoms with Crippen LogP contribution in [0.3, 0.4) is 0 Å². The molecule has 0 atom stereocenters. The third-order valence-corrected chi connectivity index (χ3v) is 4.58. The van der Waals surface area contributed by atoms with E-state index in [-0.39, 0.29) is 9.76 Å². The molecule has 0 saturated heterocycles. The summed E-state index contributed by atoms with van der Waals surface area (Å²) in [6.07, 6.45) is 1.08. The molecule has 13 heavy (non-hydrogen) atoms. The van der Waals surface area contributed by atoms with Crippen LogP contribution in [0.5, 0.6) is 0 Å². The third-order valence-electron chi connectivity index (χ3n) is 1.10. The maximum Gasteiger partial charge on any atom is 0.198 e. The Bertz CT molecular complexity index is 445. The van der Waals surface area contributed by atoms with E-state index in [0.29, 0.717) is 9.08 Å². The minimum absolute atomic E-state index is 0.0405. The van der Waals surface area contributed by atoms with Gasteiger partial charge < -0.3 is 0 Å². The minimum atomic E-state index is -3.34. The van der Waals surface area contributed by atoms with Crippen molar-refractivity contribution in [2.45, 2.75) is 5.03 Å². The molecule has 8 heteroatoms. The summed E-state index contributed by atoms with van der Waals surface area (Å²) in [5.41, 5.74) is 0. The molecule has 0 radical (unpaired) electrons. The van der Waals surface area contributed by atoms with E-state index in [4.69, 9.17) is 0 Å². The fourth-order valence-electron chi connectivity index (χ4n) is 0.622. The average Bonchev–Trinajstić information content (AvgIpc) is 1.94. The molecule has 4 nitrogen and oxygen atoms in total. The Morgan fingerprint density at radius 1 is 1.15 bits per heavy atom. The highest BCUT2D eigenvalue weighted by atomic mass is 79.9. The molecule has 0 saturated carbocycles. The van der Waals surface area contributed by atoms with Gasteiger partial charge in [0.25, 0.3) is 0 Å². The minimum Gasteiger partial charge on any atom is -0.222 e. The summed E-state index contributed by atoms with van der Waals surface area (Å²) in [7, 11) is -3.34. The molecule has 0 bridgehead atoms. The van der Waals surface area contributed by atoms with Gasteiger partial charge in [0.1, 0.15) is 4.60 Å². The Hall–Kier alpha value is 0.470. The molecule has 0 aliphatic carbocycles. The SMILES string of the molecule is CS(=O)(=O)c1nc(Br)nc(Br)c1Br. The molecule has 72 valence electrons. The van der Waals surface area contributed by atoms with E-state index in [9.17, 15) is 8.42 Å². The first kappa shape index (κ1) is 11.5. The summed E-state index contributed by atoms with van der Waals surface area (Å²) >= 11 is 9.18. The lowest BCUT2D eigenvalue weighted by Gasteiger charge is -2.02. The number of hydrogen-bond donors (Lipinski definition) is 0. The summed E-state index contributed by atoms with van der Waals surface area (Å²) < 4.78 is 23.3. The van der Waals surface area contributed by atoms with Crippen LogP contribution in [0.4, 0.5) is 0 Å². The lowest BCUT2D eigenvalue weighted by Crippen LogP contribution is -2.04. The van der Waals surface area contributed by atoms with Crippen molar-refractivity contribution < 1.29 is 8.42 Å². The average molecular weight is 395 g/mol. The van der Waals surface area contributed by atoms with Crippen molar-refractivity contribution in [3.8, 4) is 0 Å². The molecule has 0 amide bonds. The number of aromatic nitrogens is 2. The number of sulfone groups is 1. The van der Waals surface area contributed by atoms with E-state index >= 15 is 0 Å². The van der Waals surface area contributed by atoms with E-state index in [1.165, 1.54) is 0 Å². The molecule has 1 rings (SSSR count). The van der Waals surface area contributed by atoms with Gasteiger partial charge in [-0.15, -0.1) is 0 Å². The summed E-state index contributed by atoms with van der Waals surface area (Å²) in [4.78, 5) is 7.60. The Balaban J connectivity index is 3.56. The monoisotopic (exact) mass is 392 g/mol. The van der Waals surface area contributed by atoms with E-state index in [2.05, 4.69) is 57.8 Å². The van der Waals surface area contributed by atoms with Crippen molar-refractivity contribution in [3.63, 3.8) is 0 Å². The zero-order valence-electron chi connectivity index (χ0n) is 6.25. The summed E-state index contributed by atoms with van der Waals surface area (Å²) in [5.74, 6) is 0. The zero-order valence-corrected chi connectivity index (χ0v) is 11.8. The molecule has 0 aromatic carbocycles. The molecular formula is C5H3Br3N2O2S. The highest BCUT2D eigenvalue weighted by Crippen LogP contribution is 2.28. The van der Waals surface area contributed by atoms with Crippen molar-refractivity contribution in [1.29, 1.82) is 0 Å². The van der Waals surface area contributed by atoms with Crippen LogP contribution >= 0.6 is 47.8 Å². The van der Waals surface area contributed by atoms with Crippen LogP contribution in [0, 0.1) is 0 Å². The molecule has 1 aromatic rings. The van der Waals surface area contributed by atoms with E-state index in [1.807, 2.05) is 0 Å². The molecule has 0 fully saturated rings. The molecule has 0 aliphatic rings. The fraction of sp³-hybridized carbons (Fsp3) is 0.200. The predicted octanol–water partition coefficient (Wildman–Crippen LogP) is 2.17. The highest BCUT2D eigenvalue weighted by Gasteiger charge is 2.17. The molecule has 0 aliphatic heterocycles. The van der Waals surface area contributed by atoms with Crippen molar-refractivity contribution in [1.82, 2.24) is 9.97 Å². The molecule has 0 spiro atoms. The largest absolute Gasteiger partial charge is 0.222 e. The first-order valence-corrected chi connectivity index (χ1v) is 7.18. The van der Waals surface area contributed by atoms with Crippen LogP contribution in [0.15, 0.2) is 18.8 Å². The maximum atomic E-state index is 11.2. The van der Waals surface area contributed by atoms with Gasteiger partial charge in [0.05, 0.1) is 4.47 Å². The Morgan fingerprint density at radius 3 is 2.15 bits per heavy atom. The second kappa shape index (κ2) is 3.92. The molecule has 1 aromatic heterocycles. The van der Waals surface area contributed by atoms with Gasteiger partial charge in [-0.05, 0) is 47.8 Å². The zero-order chi connectivity index (χ0) is 10.2. The molecular weight excluding hydrogens is 392 g/mol. The van der Waals surface area contributed by atoms with Crippen LogP contribution in [-0.2, 0) is 9.84 Å². The van der Waals surface area contributed by atoms with Gasteiger partial charge in [-0.2, -0.15) is 0 Å². The van der Waals surface area contributed by atoms with Crippen LogP contribution in [-0.4, -0.2) is 24.6 Å². The lowest BCUT2D eigenvalue weighted by molar-refractivity contribution is 0.596. The van der Waals surface area contributed by atoms with Crippen molar-refractivity contribution in [3.05, 3.63) is 13.8 Å². The second-order valence-corrected chi connectivity index (χ2v) is 6.36. The van der Waals surface area contributed by atoms with Crippen molar-refractivity contribution >= 4 is 57.6 Å². The molecule has 1 heterocycles. The summed E-state index contributed by atoms with van der Waals surface area (Å²) in [6, 6.07) is 0. The van der Waals surface area contributed by atoms with E-state index in [1.54, 1.807) is 0 Å². The van der Waals surface area contributed by atoms with Gasteiger partial charge in [0.15, 0.2) is 19.6 Å². The predicted molar refractivity (Wildman–Crippen MR) is 58.2 cm³/mol. The Morgan fingerprint density at radius 2 is 1.69 bits per heavy atom. The van der Waals surface area contributed by atoms with Gasteiger partial charge in [0, 0.05) is 6.26 Å². The molecule has 0 unspecified atom stereocenters. The summed E-state index contributed by atoms with van der Waals surface area (Å²) in [5, 5.41) is -0.0405. The van der Waals surface area contributed by atoms with Crippen molar-refractivity contribution in [2.24, 2.45) is 0 Å². The Labute approximate surface area is 100 Å². The van der Waals surface area contributed by atoms with Crippen LogP contribution in [0.25, 0.3) is 0 Å². The van der Waals surface area contributed by atoms with Crippen molar-refractivity contribution in [2.75, 3.05) is 6.26 Å². The van der Waals surface area contributed by atoms with Gasteiger partial charge in [-0.3, -0.25) is 0 Å². The number of hydrogen-bond acceptors (Lipinski definition) is 4. The number of halogens is 3. The highest BCUT2D eigenvalue weighted by molar-refractivity contribution is 9.13. The standard InChI is InChI=1S/C5H3Br3N2O2S/c1-13(11,12)4-2(6)3(7)9-5(8)10-4/h1H3. The third kappa shape index (κ3) is 2.71. The van der Waals surface area contributed by atoms with Gasteiger partial charge in [-0.1, -0.05) is 0 Å². The fourth-order valence-corrected chi connectivity index (χ4v) is 3.55. The van der Waals surface area contributed by atoms with Crippen LogP contribution < -0.4 is 0 Å². The van der Waals surface area contributed by atoms with E-state index in [0.717, 1.165) is 6.26 Å². The smallest absolute Gasteiger partial charge is 0.198 e. The summed E-state index contributed by atoms with van der Waals surface area (Å²) in [6.45, 7) is 0. The Kier molecular flexibility index (Phi) is 3.48. The van der Waals surface area contributed by atoms with Gasteiger partial charge in [0.2, 0.25) is 0 Å². The van der Waals surface area contributed by atoms with Gasteiger partial charge >= 0.3 is 0 Å². The molecule has 0 N–H and O–H groups in total. The first-order valence-electron chi connectivity index (χ1n) is 2.91. The van der Waals surface area contributed by atoms with Crippen LogP contribution in [0.2, 0.25) is 0 Å². The number of nitrogens with zero attached hydrogens (tertiary/aromatic N) is 2. The normalized spacial score (nSPS) is 11.7. The van der Waals surface area contributed by atoms with E-state index < -0.39 is 9.84 Å². The first-order chi connectivity index (χ1) is 5.82. The quantitative estimate of drug-likeness (QED) is 0.541. The van der Waals surface area contributed by atoms with Crippen LogP contribution in [0.1, 0.15) is 0 Å². The lowest BCUT2D eigenvalue weighted by atomic mass is 10.7. The second-order valence-electron chi connectivity index (χ2n) is 2.17. The topological polar surface area (TPSA) is 59.9 Å². The number of rotatable bonds is 1.